The topological polar surface area (TPSA) is 24.7 Å². The average Bonchev–Trinajstić information content (AvgIpc) is 2.39. The van der Waals surface area contributed by atoms with E-state index in [1.807, 2.05) is 6.07 Å². The quantitative estimate of drug-likeness (QED) is 0.702. The van der Waals surface area contributed by atoms with Crippen LogP contribution in [0.3, 0.4) is 0 Å². The summed E-state index contributed by atoms with van der Waals surface area (Å²) in [5.41, 5.74) is 3.42. The predicted octanol–water partition coefficient (Wildman–Crippen LogP) is 3.26. The van der Waals surface area contributed by atoms with Crippen LogP contribution in [-0.2, 0) is 0 Å². The first-order valence-corrected chi connectivity index (χ1v) is 6.52. The molecule has 1 aromatic rings. The highest BCUT2D eigenvalue weighted by Crippen LogP contribution is 2.27. The molecule has 2 nitrogen and oxygen atoms in total. The fourth-order valence-corrected chi connectivity index (χ4v) is 2.84. The van der Waals surface area contributed by atoms with E-state index in [0.717, 1.165) is 11.4 Å². The summed E-state index contributed by atoms with van der Waals surface area (Å²) in [5, 5.41) is 0. The molecule has 2 heteroatoms. The van der Waals surface area contributed by atoms with Crippen molar-refractivity contribution in [3.8, 4) is 0 Å². The molecule has 0 amide bonds. The van der Waals surface area contributed by atoms with Crippen molar-refractivity contribution in [3.63, 3.8) is 0 Å². The van der Waals surface area contributed by atoms with Crippen LogP contribution in [0.5, 0.6) is 0 Å². The third kappa shape index (κ3) is 2.04. The minimum Gasteiger partial charge on any atom is -0.282 e. The van der Waals surface area contributed by atoms with Crippen LogP contribution in [0.2, 0.25) is 0 Å². The van der Waals surface area contributed by atoms with Crippen molar-refractivity contribution in [2.45, 2.75) is 44.7 Å². The van der Waals surface area contributed by atoms with Crippen LogP contribution in [-0.4, -0.2) is 23.5 Å². The summed E-state index contributed by atoms with van der Waals surface area (Å²) in [5.74, 6) is 0. The van der Waals surface area contributed by atoms with Crippen LogP contribution in [0.25, 0.3) is 0 Å². The number of nitrogens with zero attached hydrogens (tertiary/aromatic N) is 2. The van der Waals surface area contributed by atoms with E-state index < -0.39 is 0 Å². The SMILES string of the molecule is CC1=NC2CCCCC2N=C1c1ccccc1. The average molecular weight is 226 g/mol. The normalized spacial score (nSPS) is 28.1. The number of benzene rings is 1. The van der Waals surface area contributed by atoms with Crippen LogP contribution in [0, 0.1) is 0 Å². The number of rotatable bonds is 1. The highest BCUT2D eigenvalue weighted by molar-refractivity contribution is 6.48. The molecule has 3 rings (SSSR count). The molecule has 2 unspecified atom stereocenters. The molecule has 17 heavy (non-hydrogen) atoms. The van der Waals surface area contributed by atoms with Crippen molar-refractivity contribution in [3.05, 3.63) is 35.9 Å². The van der Waals surface area contributed by atoms with Crippen molar-refractivity contribution in [2.24, 2.45) is 9.98 Å². The van der Waals surface area contributed by atoms with Crippen LogP contribution in [0.1, 0.15) is 38.2 Å². The summed E-state index contributed by atoms with van der Waals surface area (Å²) >= 11 is 0. The van der Waals surface area contributed by atoms with E-state index in [1.54, 1.807) is 0 Å². The van der Waals surface area contributed by atoms with Crippen LogP contribution < -0.4 is 0 Å². The first kappa shape index (κ1) is 10.7. The van der Waals surface area contributed by atoms with Crippen LogP contribution in [0.4, 0.5) is 0 Å². The van der Waals surface area contributed by atoms with E-state index in [9.17, 15) is 0 Å². The first-order valence-electron chi connectivity index (χ1n) is 6.52. The van der Waals surface area contributed by atoms with Gasteiger partial charge < -0.3 is 0 Å². The van der Waals surface area contributed by atoms with Gasteiger partial charge in [0.15, 0.2) is 0 Å². The minimum atomic E-state index is 0.433. The molecule has 0 aromatic heterocycles. The third-order valence-electron chi connectivity index (χ3n) is 3.74. The van der Waals surface area contributed by atoms with E-state index in [-0.39, 0.29) is 0 Å². The summed E-state index contributed by atoms with van der Waals surface area (Å²) < 4.78 is 0. The van der Waals surface area contributed by atoms with Crippen molar-refractivity contribution in [1.29, 1.82) is 0 Å². The second kappa shape index (κ2) is 4.44. The fourth-order valence-electron chi connectivity index (χ4n) is 2.84. The molecule has 0 bridgehead atoms. The standard InChI is InChI=1S/C15H18N2/c1-11-15(12-7-3-2-4-8-12)17-14-10-6-5-9-13(14)16-11/h2-4,7-8,13-14H,5-6,9-10H2,1H3. The number of hydrogen-bond acceptors (Lipinski definition) is 2. The van der Waals surface area contributed by atoms with E-state index in [1.165, 1.54) is 31.2 Å². The highest BCUT2D eigenvalue weighted by atomic mass is 15.0. The lowest BCUT2D eigenvalue weighted by Crippen LogP contribution is -2.34. The molecule has 1 aliphatic heterocycles. The van der Waals surface area contributed by atoms with Crippen molar-refractivity contribution in [1.82, 2.24) is 0 Å². The van der Waals surface area contributed by atoms with E-state index in [2.05, 4.69) is 31.2 Å². The molecule has 2 atom stereocenters. The van der Waals surface area contributed by atoms with Gasteiger partial charge in [-0.15, -0.1) is 0 Å². The zero-order valence-electron chi connectivity index (χ0n) is 10.3. The molecular weight excluding hydrogens is 208 g/mol. The largest absolute Gasteiger partial charge is 0.282 e. The van der Waals surface area contributed by atoms with Crippen LogP contribution in [0.15, 0.2) is 40.3 Å². The smallest absolute Gasteiger partial charge is 0.0858 e. The van der Waals surface area contributed by atoms with E-state index in [0.29, 0.717) is 12.1 Å². The Balaban J connectivity index is 1.95. The molecule has 0 N–H and O–H groups in total. The number of aliphatic imine (C=N–C) groups is 2. The van der Waals surface area contributed by atoms with Gasteiger partial charge >= 0.3 is 0 Å². The molecule has 0 saturated heterocycles. The van der Waals surface area contributed by atoms with Gasteiger partial charge in [0.25, 0.3) is 0 Å². The highest BCUT2D eigenvalue weighted by Gasteiger charge is 2.28. The molecule has 1 saturated carbocycles. The molecule has 0 spiro atoms. The summed E-state index contributed by atoms with van der Waals surface area (Å²) in [6.07, 6.45) is 5.04. The maximum absolute atomic E-state index is 4.94. The van der Waals surface area contributed by atoms with Gasteiger partial charge in [0.2, 0.25) is 0 Å². The van der Waals surface area contributed by atoms with Crippen molar-refractivity contribution < 1.29 is 0 Å². The van der Waals surface area contributed by atoms with E-state index >= 15 is 0 Å². The third-order valence-corrected chi connectivity index (χ3v) is 3.74. The monoisotopic (exact) mass is 226 g/mol. The molecule has 1 aliphatic carbocycles. The number of fused-ring (bicyclic) bond motifs is 1. The summed E-state index contributed by atoms with van der Waals surface area (Å²) in [7, 11) is 0. The second-order valence-electron chi connectivity index (χ2n) is 4.98. The molecule has 2 aliphatic rings. The lowest BCUT2D eigenvalue weighted by molar-refractivity contribution is 0.386. The Morgan fingerprint density at radius 1 is 0.941 bits per heavy atom. The summed E-state index contributed by atoms with van der Waals surface area (Å²) in [6, 6.07) is 11.3. The number of hydrogen-bond donors (Lipinski definition) is 0. The van der Waals surface area contributed by atoms with Gasteiger partial charge in [-0.3, -0.25) is 9.98 Å². The molecule has 88 valence electrons. The molecule has 0 radical (unpaired) electrons. The van der Waals surface area contributed by atoms with Gasteiger partial charge in [-0.1, -0.05) is 43.2 Å². The Bertz CT molecular complexity index is 459. The van der Waals surface area contributed by atoms with E-state index in [4.69, 9.17) is 9.98 Å². The lowest BCUT2D eigenvalue weighted by Gasteiger charge is -2.30. The van der Waals surface area contributed by atoms with Crippen molar-refractivity contribution in [2.75, 3.05) is 0 Å². The van der Waals surface area contributed by atoms with Crippen molar-refractivity contribution >= 4 is 11.4 Å². The van der Waals surface area contributed by atoms with Gasteiger partial charge in [0.1, 0.15) is 0 Å². The maximum Gasteiger partial charge on any atom is 0.0858 e. The predicted molar refractivity (Wildman–Crippen MR) is 72.1 cm³/mol. The molecule has 1 fully saturated rings. The zero-order valence-corrected chi connectivity index (χ0v) is 10.3. The minimum absolute atomic E-state index is 0.433. The van der Waals surface area contributed by atoms with Gasteiger partial charge in [-0.2, -0.15) is 0 Å². The molecular formula is C15H18N2. The Morgan fingerprint density at radius 3 is 2.29 bits per heavy atom. The fraction of sp³-hybridized carbons (Fsp3) is 0.467. The maximum atomic E-state index is 4.94. The Labute approximate surface area is 102 Å². The Hall–Kier alpha value is -1.44. The summed E-state index contributed by atoms with van der Waals surface area (Å²) in [4.78, 5) is 9.79. The Kier molecular flexibility index (Phi) is 2.79. The van der Waals surface area contributed by atoms with Gasteiger partial charge in [0.05, 0.1) is 23.5 Å². The van der Waals surface area contributed by atoms with Crippen LogP contribution >= 0.6 is 0 Å². The van der Waals surface area contributed by atoms with Gasteiger partial charge in [-0.25, -0.2) is 0 Å². The van der Waals surface area contributed by atoms with Gasteiger partial charge in [0, 0.05) is 5.56 Å². The molecule has 1 aromatic carbocycles. The molecule has 1 heterocycles. The lowest BCUT2D eigenvalue weighted by atomic mass is 9.89. The first-order chi connectivity index (χ1) is 8.34. The zero-order chi connectivity index (χ0) is 11.7. The second-order valence-corrected chi connectivity index (χ2v) is 4.98. The van der Waals surface area contributed by atoms with Gasteiger partial charge in [-0.05, 0) is 19.8 Å². The Morgan fingerprint density at radius 2 is 1.59 bits per heavy atom. The summed E-state index contributed by atoms with van der Waals surface area (Å²) in [6.45, 7) is 2.09.